The number of carbonyl (C=O) groups excluding carboxylic acids is 3. The number of ketones is 2. The zero-order valence-electron chi connectivity index (χ0n) is 33.4. The lowest BCUT2D eigenvalue weighted by Gasteiger charge is -2.32. The maximum Gasteiger partial charge on any atom is 0.302 e. The smallest absolute Gasteiger partial charge is 0.302 e. The van der Waals surface area contributed by atoms with Gasteiger partial charge in [0.2, 0.25) is 5.75 Å². The number of Topliss-reactive ketones (excluding diaryl/α,β-unsaturated/α-hetero) is 2. The predicted molar refractivity (Wildman–Crippen MR) is 219 cm³/mol. The van der Waals surface area contributed by atoms with Gasteiger partial charge in [-0.2, -0.15) is 0 Å². The van der Waals surface area contributed by atoms with Crippen LogP contribution in [0.2, 0.25) is 0 Å². The lowest BCUT2D eigenvalue weighted by Crippen LogP contribution is -2.36. The minimum atomic E-state index is -0.632. The number of aliphatic hydroxyl groups excluding tert-OH is 1. The first-order valence-corrected chi connectivity index (χ1v) is 20.0. The van der Waals surface area contributed by atoms with Crippen LogP contribution in [0.3, 0.4) is 0 Å². The molecule has 4 aromatic rings. The van der Waals surface area contributed by atoms with E-state index in [1.54, 1.807) is 13.0 Å². The molecule has 6 rings (SSSR count). The van der Waals surface area contributed by atoms with Crippen molar-refractivity contribution >= 4 is 34.0 Å². The molecule has 4 heterocycles. The Balaban J connectivity index is 1.51. The van der Waals surface area contributed by atoms with E-state index >= 15 is 0 Å². The number of benzene rings is 2. The van der Waals surface area contributed by atoms with E-state index in [2.05, 4.69) is 46.7 Å². The van der Waals surface area contributed by atoms with Gasteiger partial charge < -0.3 is 44.6 Å². The van der Waals surface area contributed by atoms with E-state index in [9.17, 15) is 29.7 Å². The maximum atomic E-state index is 14.2. The topological polar surface area (TPSA) is 166 Å². The van der Waals surface area contributed by atoms with Crippen molar-refractivity contribution in [3.8, 4) is 17.2 Å². The number of H-pyrrole nitrogens is 1. The monoisotopic (exact) mass is 780 g/mol. The third-order valence-corrected chi connectivity index (χ3v) is 11.5. The Hall–Kier alpha value is -5.49. The predicted octanol–water partition coefficient (Wildman–Crippen LogP) is 7.02. The van der Waals surface area contributed by atoms with Crippen LogP contribution in [0.1, 0.15) is 88.4 Å². The number of fused-ring (bicyclic) bond motifs is 3. The van der Waals surface area contributed by atoms with Crippen LogP contribution >= 0.6 is 0 Å². The molecule has 0 amide bonds. The summed E-state index contributed by atoms with van der Waals surface area (Å²) >= 11 is 0. The van der Waals surface area contributed by atoms with Crippen LogP contribution in [0.4, 0.5) is 5.69 Å². The molecule has 0 spiro atoms. The fraction of sp³-hybridized carbons (Fsp3) is 0.444. The molecule has 2 aromatic carbocycles. The number of aromatic nitrogens is 2. The van der Waals surface area contributed by atoms with Gasteiger partial charge in [-0.1, -0.05) is 31.6 Å². The van der Waals surface area contributed by atoms with Gasteiger partial charge >= 0.3 is 5.97 Å². The van der Waals surface area contributed by atoms with Crippen LogP contribution in [-0.4, -0.2) is 75.3 Å². The van der Waals surface area contributed by atoms with Crippen molar-refractivity contribution in [2.75, 3.05) is 31.7 Å². The van der Waals surface area contributed by atoms with E-state index in [0.717, 1.165) is 53.5 Å². The van der Waals surface area contributed by atoms with Crippen LogP contribution in [0.15, 0.2) is 78.7 Å². The van der Waals surface area contributed by atoms with Crippen molar-refractivity contribution in [2.45, 2.75) is 90.7 Å². The number of carbonyl (C=O) groups is 3. The second-order valence-corrected chi connectivity index (χ2v) is 15.5. The summed E-state index contributed by atoms with van der Waals surface area (Å²) in [6.45, 7) is 6.14. The standard InChI is InChI=1S/C45H56N4O8/c1-5-30-9-10-38(57-29(3)52)22-37(53)23-41(34-19-42(54)45(55)43(20-34)56-4)48-26-33-7-6-8-40(39(33)27-48)49(15-12-28(2)51)44-21-31(11-14-47-44)32(13-16-50)18-36-25-46-24-35(36)17-30/h6-8,11,19-21,24-27,30,32,38,41,46-47,50,54-55H,5,9-10,12-18,22-23H2,1-4H3. The third kappa shape index (κ3) is 9.91. The van der Waals surface area contributed by atoms with Crippen LogP contribution in [0.5, 0.6) is 17.2 Å². The second-order valence-electron chi connectivity index (χ2n) is 15.5. The van der Waals surface area contributed by atoms with Crippen LogP contribution in [0, 0.1) is 11.8 Å². The summed E-state index contributed by atoms with van der Waals surface area (Å²) in [4.78, 5) is 44.4. The summed E-state index contributed by atoms with van der Waals surface area (Å²) in [5.74, 6) is -0.0486. The fourth-order valence-electron chi connectivity index (χ4n) is 8.37. The summed E-state index contributed by atoms with van der Waals surface area (Å²) in [6, 6.07) is 8.41. The summed E-state index contributed by atoms with van der Waals surface area (Å²) in [5, 5.41) is 36.9. The number of allylic oxidation sites excluding steroid dienone is 2. The average molecular weight is 781 g/mol. The molecule has 12 heteroatoms. The molecule has 0 saturated heterocycles. The highest BCUT2D eigenvalue weighted by Crippen LogP contribution is 2.41. The fourth-order valence-corrected chi connectivity index (χ4v) is 8.37. The Morgan fingerprint density at radius 1 is 1.00 bits per heavy atom. The number of hydrogen-bond acceptors (Lipinski definition) is 10. The Kier molecular flexibility index (Phi) is 13.5. The number of rotatable bonds is 9. The first-order chi connectivity index (χ1) is 27.5. The number of nitrogens with one attached hydrogen (secondary N) is 2. The van der Waals surface area contributed by atoms with E-state index in [-0.39, 0.29) is 54.3 Å². The first-order valence-electron chi connectivity index (χ1n) is 20.0. The molecule has 57 heavy (non-hydrogen) atoms. The third-order valence-electron chi connectivity index (χ3n) is 11.5. The minimum Gasteiger partial charge on any atom is -0.504 e. The van der Waals surface area contributed by atoms with Crippen LogP contribution < -0.4 is 15.0 Å². The van der Waals surface area contributed by atoms with E-state index in [1.807, 2.05) is 35.2 Å². The molecule has 304 valence electrons. The summed E-state index contributed by atoms with van der Waals surface area (Å²) in [6.07, 6.45) is 16.4. The minimum absolute atomic E-state index is 0.00648. The molecule has 0 saturated carbocycles. The van der Waals surface area contributed by atoms with Gasteiger partial charge in [-0.3, -0.25) is 14.4 Å². The van der Waals surface area contributed by atoms with Gasteiger partial charge in [-0.25, -0.2) is 0 Å². The van der Waals surface area contributed by atoms with Crippen molar-refractivity contribution in [1.29, 1.82) is 0 Å². The Labute approximate surface area is 334 Å². The molecule has 5 N–H and O–H groups in total. The van der Waals surface area contributed by atoms with Gasteiger partial charge in [0.05, 0.1) is 18.8 Å². The second kappa shape index (κ2) is 18.6. The molecule has 2 aliphatic heterocycles. The number of aromatic amines is 1. The van der Waals surface area contributed by atoms with Gasteiger partial charge in [-0.05, 0) is 97.4 Å². The SMILES string of the molecule is CCC1CCC(OC(C)=O)CC(=O)CC(c2cc(O)c(O)c(OC)c2)n2cc3cccc(c3c2)N(CCC(C)=O)C2=CC(=CCN2)C(CCO)Cc2c[nH]cc2C1. The molecule has 12 nitrogen and oxygen atoms in total. The van der Waals surface area contributed by atoms with Gasteiger partial charge in [0.1, 0.15) is 23.5 Å². The van der Waals surface area contributed by atoms with Crippen LogP contribution in [-0.2, 0) is 32.0 Å². The summed E-state index contributed by atoms with van der Waals surface area (Å²) in [5.41, 5.74) is 4.93. The van der Waals surface area contributed by atoms with Gasteiger partial charge in [-0.15, -0.1) is 0 Å². The van der Waals surface area contributed by atoms with Crippen molar-refractivity contribution in [1.82, 2.24) is 14.9 Å². The highest BCUT2D eigenvalue weighted by atomic mass is 16.5. The van der Waals surface area contributed by atoms with Crippen molar-refractivity contribution in [3.05, 3.63) is 95.4 Å². The van der Waals surface area contributed by atoms with Gasteiger partial charge in [0.25, 0.3) is 0 Å². The molecule has 0 fully saturated rings. The van der Waals surface area contributed by atoms with E-state index in [1.165, 1.54) is 31.2 Å². The molecule has 0 radical (unpaired) electrons. The number of hydrogen-bond donors (Lipinski definition) is 5. The number of aliphatic hydroxyl groups is 1. The molecule has 2 aliphatic rings. The lowest BCUT2D eigenvalue weighted by molar-refractivity contribution is -0.148. The number of phenols is 2. The van der Waals surface area contributed by atoms with Crippen molar-refractivity contribution < 1.29 is 39.2 Å². The first kappa shape index (κ1) is 41.2. The molecular weight excluding hydrogens is 725 g/mol. The Bertz CT molecular complexity index is 2130. The zero-order valence-corrected chi connectivity index (χ0v) is 33.4. The number of dihydropyridines is 1. The van der Waals surface area contributed by atoms with Crippen molar-refractivity contribution in [2.24, 2.45) is 11.8 Å². The summed E-state index contributed by atoms with van der Waals surface area (Å²) < 4.78 is 13.1. The number of nitrogens with zero attached hydrogens (tertiary/aromatic N) is 2. The van der Waals surface area contributed by atoms with E-state index in [4.69, 9.17) is 9.47 Å². The van der Waals surface area contributed by atoms with Gasteiger partial charge in [0.15, 0.2) is 11.5 Å². The molecule has 4 atom stereocenters. The number of phenolic OH excluding ortho intramolecular Hbond substituents is 2. The van der Waals surface area contributed by atoms with E-state index in [0.29, 0.717) is 37.9 Å². The van der Waals surface area contributed by atoms with Gasteiger partial charge in [0, 0.05) is 81.4 Å². The summed E-state index contributed by atoms with van der Waals surface area (Å²) in [7, 11) is 1.40. The quantitative estimate of drug-likeness (QED) is 0.0880. The van der Waals surface area contributed by atoms with Crippen LogP contribution in [0.25, 0.3) is 10.8 Å². The molecule has 0 aliphatic carbocycles. The number of methoxy groups -OCH3 is 1. The highest BCUT2D eigenvalue weighted by Gasteiger charge is 2.28. The lowest BCUT2D eigenvalue weighted by atomic mass is 9.85. The molecular formula is C45H56N4O8. The number of esters is 1. The number of aromatic hydroxyl groups is 2. The maximum absolute atomic E-state index is 14.2. The average Bonchev–Trinajstić information content (AvgIpc) is 3.82. The molecule has 4 bridgehead atoms. The number of ether oxygens (including phenoxy) is 2. The largest absolute Gasteiger partial charge is 0.504 e. The Morgan fingerprint density at radius 2 is 1.79 bits per heavy atom. The molecule has 4 unspecified atom stereocenters. The highest BCUT2D eigenvalue weighted by molar-refractivity contribution is 5.95. The zero-order chi connectivity index (χ0) is 40.6. The van der Waals surface area contributed by atoms with Crippen molar-refractivity contribution in [3.63, 3.8) is 0 Å². The van der Waals surface area contributed by atoms with E-state index < -0.39 is 23.9 Å². The number of anilines is 1. The normalized spacial score (nSPS) is 20.9. The molecule has 2 aromatic heterocycles. The Morgan fingerprint density at radius 3 is 2.51 bits per heavy atom.